The summed E-state index contributed by atoms with van der Waals surface area (Å²) in [4.78, 5) is 12.3. The molecule has 0 aliphatic rings. The number of hydrogen-bond acceptors (Lipinski definition) is 2. The van der Waals surface area contributed by atoms with E-state index in [0.29, 0.717) is 17.0 Å². The smallest absolute Gasteiger partial charge is 0.256 e. The lowest BCUT2D eigenvalue weighted by Crippen LogP contribution is -2.13. The number of amides is 1. The Labute approximate surface area is 134 Å². The van der Waals surface area contributed by atoms with Crippen LogP contribution in [0, 0.1) is 6.92 Å². The average molecular weight is 399 g/mol. The van der Waals surface area contributed by atoms with Crippen molar-refractivity contribution in [2.45, 2.75) is 6.92 Å². The summed E-state index contributed by atoms with van der Waals surface area (Å²) in [5.74, 6) is 0.515. The second kappa shape index (κ2) is 6.41. The summed E-state index contributed by atoms with van der Waals surface area (Å²) in [5.41, 5.74) is 2.28. The van der Waals surface area contributed by atoms with Crippen molar-refractivity contribution >= 4 is 43.5 Å². The van der Waals surface area contributed by atoms with Crippen molar-refractivity contribution in [1.29, 1.82) is 0 Å². The van der Waals surface area contributed by atoms with Gasteiger partial charge in [-0.1, -0.05) is 12.1 Å². The molecule has 104 valence electrons. The number of benzene rings is 2. The predicted octanol–water partition coefficient (Wildman–Crippen LogP) is 4.78. The molecular formula is C15H13Br2NO2. The fraction of sp³-hybridized carbons (Fsp3) is 0.133. The van der Waals surface area contributed by atoms with Crippen LogP contribution < -0.4 is 10.1 Å². The van der Waals surface area contributed by atoms with Gasteiger partial charge < -0.3 is 10.1 Å². The van der Waals surface area contributed by atoms with Gasteiger partial charge in [-0.2, -0.15) is 0 Å². The summed E-state index contributed by atoms with van der Waals surface area (Å²) in [5, 5.41) is 2.87. The summed E-state index contributed by atoms with van der Waals surface area (Å²) in [6.07, 6.45) is 0. The van der Waals surface area contributed by atoms with Crippen molar-refractivity contribution in [2.24, 2.45) is 0 Å². The zero-order chi connectivity index (χ0) is 14.7. The molecule has 0 saturated heterocycles. The van der Waals surface area contributed by atoms with E-state index in [0.717, 1.165) is 14.5 Å². The quantitative estimate of drug-likeness (QED) is 0.807. The molecule has 0 unspecified atom stereocenters. The van der Waals surface area contributed by atoms with Crippen LogP contribution >= 0.6 is 31.9 Å². The molecule has 3 nitrogen and oxygen atoms in total. The molecule has 2 aromatic carbocycles. The second-order valence-electron chi connectivity index (χ2n) is 4.24. The highest BCUT2D eigenvalue weighted by Crippen LogP contribution is 2.28. The van der Waals surface area contributed by atoms with Gasteiger partial charge in [0, 0.05) is 15.0 Å². The Bertz CT molecular complexity index is 656. The minimum absolute atomic E-state index is 0.172. The van der Waals surface area contributed by atoms with Crippen LogP contribution in [0.3, 0.4) is 0 Å². The van der Waals surface area contributed by atoms with Crippen LogP contribution in [0.4, 0.5) is 5.69 Å². The van der Waals surface area contributed by atoms with Crippen molar-refractivity contribution in [3.8, 4) is 5.75 Å². The van der Waals surface area contributed by atoms with Crippen LogP contribution in [-0.4, -0.2) is 13.0 Å². The van der Waals surface area contributed by atoms with Crippen LogP contribution in [0.2, 0.25) is 0 Å². The maximum Gasteiger partial charge on any atom is 0.256 e. The summed E-state index contributed by atoms with van der Waals surface area (Å²) in [7, 11) is 1.59. The van der Waals surface area contributed by atoms with E-state index in [1.54, 1.807) is 19.2 Å². The minimum Gasteiger partial charge on any atom is -0.497 e. The molecule has 5 heteroatoms. The zero-order valence-corrected chi connectivity index (χ0v) is 14.2. The first kappa shape index (κ1) is 15.1. The SMILES string of the molecule is COc1ccc(Br)c(NC(=O)c2cccc(C)c2Br)c1. The van der Waals surface area contributed by atoms with Gasteiger partial charge in [-0.25, -0.2) is 0 Å². The lowest BCUT2D eigenvalue weighted by atomic mass is 10.1. The Morgan fingerprint density at radius 3 is 2.65 bits per heavy atom. The summed E-state index contributed by atoms with van der Waals surface area (Å²) >= 11 is 6.86. The van der Waals surface area contributed by atoms with Crippen molar-refractivity contribution in [2.75, 3.05) is 12.4 Å². The molecule has 0 saturated carbocycles. The van der Waals surface area contributed by atoms with Gasteiger partial charge in [0.2, 0.25) is 0 Å². The second-order valence-corrected chi connectivity index (χ2v) is 5.88. The van der Waals surface area contributed by atoms with Gasteiger partial charge in [0.25, 0.3) is 5.91 Å². The van der Waals surface area contributed by atoms with Gasteiger partial charge in [-0.05, 0) is 62.5 Å². The highest BCUT2D eigenvalue weighted by molar-refractivity contribution is 9.11. The van der Waals surface area contributed by atoms with E-state index in [4.69, 9.17) is 4.74 Å². The number of rotatable bonds is 3. The normalized spacial score (nSPS) is 10.2. The van der Waals surface area contributed by atoms with Crippen LogP contribution in [-0.2, 0) is 0 Å². The molecule has 2 aromatic rings. The van der Waals surface area contributed by atoms with Crippen molar-refractivity contribution in [1.82, 2.24) is 0 Å². The van der Waals surface area contributed by atoms with Gasteiger partial charge in [0.15, 0.2) is 0 Å². The standard InChI is InChI=1S/C15H13Br2NO2/c1-9-4-3-5-11(14(9)17)15(19)18-13-8-10(20-2)6-7-12(13)16/h3-8H,1-2H3,(H,18,19). The van der Waals surface area contributed by atoms with E-state index < -0.39 is 0 Å². The maximum absolute atomic E-state index is 12.3. The highest BCUT2D eigenvalue weighted by Gasteiger charge is 2.13. The summed E-state index contributed by atoms with van der Waals surface area (Å²) in [6, 6.07) is 11.0. The Morgan fingerprint density at radius 1 is 1.20 bits per heavy atom. The molecule has 0 atom stereocenters. The lowest BCUT2D eigenvalue weighted by molar-refractivity contribution is 0.102. The summed E-state index contributed by atoms with van der Waals surface area (Å²) in [6.45, 7) is 1.95. The number of carbonyl (C=O) groups is 1. The maximum atomic E-state index is 12.3. The lowest BCUT2D eigenvalue weighted by Gasteiger charge is -2.11. The van der Waals surface area contributed by atoms with Crippen LogP contribution in [0.5, 0.6) is 5.75 Å². The molecule has 0 radical (unpaired) electrons. The number of anilines is 1. The Kier molecular flexibility index (Phi) is 4.83. The van der Waals surface area contributed by atoms with E-state index in [-0.39, 0.29) is 5.91 Å². The van der Waals surface area contributed by atoms with Gasteiger partial charge >= 0.3 is 0 Å². The topological polar surface area (TPSA) is 38.3 Å². The molecule has 20 heavy (non-hydrogen) atoms. The van der Waals surface area contributed by atoms with Crippen molar-refractivity contribution in [3.05, 3.63) is 56.5 Å². The van der Waals surface area contributed by atoms with E-state index >= 15 is 0 Å². The van der Waals surface area contributed by atoms with Gasteiger partial charge in [0.1, 0.15) is 5.75 Å². The van der Waals surface area contributed by atoms with Gasteiger partial charge in [-0.15, -0.1) is 0 Å². The number of halogens is 2. The third-order valence-corrected chi connectivity index (χ3v) is 4.60. The fourth-order valence-corrected chi connectivity index (χ4v) is 2.53. The molecule has 0 aliphatic carbocycles. The third-order valence-electron chi connectivity index (χ3n) is 2.86. The molecule has 0 fully saturated rings. The Hall–Kier alpha value is -1.33. The number of aryl methyl sites for hydroxylation is 1. The predicted molar refractivity (Wildman–Crippen MR) is 87.5 cm³/mol. The first-order valence-corrected chi connectivity index (χ1v) is 7.51. The fourth-order valence-electron chi connectivity index (χ4n) is 1.74. The molecule has 0 aromatic heterocycles. The monoisotopic (exact) mass is 397 g/mol. The van der Waals surface area contributed by atoms with Gasteiger partial charge in [-0.3, -0.25) is 4.79 Å². The van der Waals surface area contributed by atoms with E-state index in [1.165, 1.54) is 0 Å². The van der Waals surface area contributed by atoms with Crippen LogP contribution in [0.15, 0.2) is 45.3 Å². The molecule has 0 heterocycles. The van der Waals surface area contributed by atoms with E-state index in [2.05, 4.69) is 37.2 Å². The van der Waals surface area contributed by atoms with Crippen LogP contribution in [0.25, 0.3) is 0 Å². The first-order valence-electron chi connectivity index (χ1n) is 5.93. The van der Waals surface area contributed by atoms with Crippen molar-refractivity contribution < 1.29 is 9.53 Å². The Balaban J connectivity index is 2.30. The molecular weight excluding hydrogens is 386 g/mol. The van der Waals surface area contributed by atoms with Gasteiger partial charge in [0.05, 0.1) is 18.4 Å². The van der Waals surface area contributed by atoms with E-state index in [9.17, 15) is 4.79 Å². The third kappa shape index (κ3) is 3.22. The number of methoxy groups -OCH3 is 1. The van der Waals surface area contributed by atoms with Crippen molar-refractivity contribution in [3.63, 3.8) is 0 Å². The molecule has 0 aliphatic heterocycles. The molecule has 0 spiro atoms. The number of carbonyl (C=O) groups excluding carboxylic acids is 1. The summed E-state index contributed by atoms with van der Waals surface area (Å²) < 4.78 is 6.76. The number of hydrogen-bond donors (Lipinski definition) is 1. The zero-order valence-electron chi connectivity index (χ0n) is 11.0. The number of nitrogens with one attached hydrogen (secondary N) is 1. The molecule has 0 bridgehead atoms. The molecule has 1 N–H and O–H groups in total. The largest absolute Gasteiger partial charge is 0.497 e. The minimum atomic E-state index is -0.172. The molecule has 1 amide bonds. The van der Waals surface area contributed by atoms with E-state index in [1.807, 2.05) is 31.2 Å². The number of ether oxygens (including phenoxy) is 1. The molecule has 2 rings (SSSR count). The first-order chi connectivity index (χ1) is 9.52. The Morgan fingerprint density at radius 2 is 1.95 bits per heavy atom. The highest BCUT2D eigenvalue weighted by atomic mass is 79.9. The average Bonchev–Trinajstić information content (AvgIpc) is 2.44. The van der Waals surface area contributed by atoms with Crippen LogP contribution in [0.1, 0.15) is 15.9 Å².